The van der Waals surface area contributed by atoms with Gasteiger partial charge in [0.1, 0.15) is 5.75 Å². The van der Waals surface area contributed by atoms with E-state index < -0.39 is 0 Å². The number of carbonyl (C=O) groups excluding carboxylic acids is 1. The lowest BCUT2D eigenvalue weighted by Crippen LogP contribution is -2.45. The molecule has 0 aromatic heterocycles. The molecule has 146 valence electrons. The Labute approximate surface area is 173 Å². The van der Waals surface area contributed by atoms with Crippen molar-refractivity contribution in [2.24, 2.45) is 10.9 Å². The third kappa shape index (κ3) is 6.34. The number of nitrogens with one attached hydrogen (secondary N) is 2. The molecule has 0 aliphatic carbocycles. The highest BCUT2D eigenvalue weighted by Gasteiger charge is 2.27. The zero-order valence-electron chi connectivity index (χ0n) is 16.1. The predicted molar refractivity (Wildman–Crippen MR) is 116 cm³/mol. The molecular weight excluding hydrogens is 443 g/mol. The van der Waals surface area contributed by atoms with E-state index in [4.69, 9.17) is 4.74 Å². The molecule has 26 heavy (non-hydrogen) atoms. The van der Waals surface area contributed by atoms with Crippen LogP contribution < -0.4 is 15.4 Å². The largest absolute Gasteiger partial charge is 0.496 e. The van der Waals surface area contributed by atoms with Crippen molar-refractivity contribution >= 4 is 35.8 Å². The van der Waals surface area contributed by atoms with E-state index in [0.717, 1.165) is 44.2 Å². The highest BCUT2D eigenvalue weighted by atomic mass is 127. The van der Waals surface area contributed by atoms with Gasteiger partial charge in [-0.1, -0.05) is 32.0 Å². The zero-order chi connectivity index (χ0) is 18.2. The number of carbonyl (C=O) groups is 1. The molecule has 7 heteroatoms. The third-order valence-electron chi connectivity index (χ3n) is 4.44. The normalized spacial score (nSPS) is 17.0. The van der Waals surface area contributed by atoms with Gasteiger partial charge in [-0.25, -0.2) is 0 Å². The van der Waals surface area contributed by atoms with Crippen LogP contribution in [0.3, 0.4) is 0 Å². The minimum atomic E-state index is 0. The van der Waals surface area contributed by atoms with E-state index >= 15 is 0 Å². The summed E-state index contributed by atoms with van der Waals surface area (Å²) in [5.74, 6) is 1.96. The first kappa shape index (κ1) is 22.5. The van der Waals surface area contributed by atoms with Gasteiger partial charge in [0.25, 0.3) is 0 Å². The number of aliphatic imine (C=N–C) groups is 1. The van der Waals surface area contributed by atoms with Crippen molar-refractivity contribution in [3.8, 4) is 5.75 Å². The second-order valence-corrected chi connectivity index (χ2v) is 6.63. The zero-order valence-corrected chi connectivity index (χ0v) is 18.4. The van der Waals surface area contributed by atoms with E-state index in [-0.39, 0.29) is 41.8 Å². The van der Waals surface area contributed by atoms with Gasteiger partial charge in [0.15, 0.2) is 5.96 Å². The van der Waals surface area contributed by atoms with E-state index in [1.165, 1.54) is 5.56 Å². The number of benzene rings is 1. The third-order valence-corrected chi connectivity index (χ3v) is 4.44. The molecule has 1 saturated heterocycles. The minimum absolute atomic E-state index is 0. The van der Waals surface area contributed by atoms with E-state index in [1.54, 1.807) is 14.2 Å². The van der Waals surface area contributed by atoms with Crippen molar-refractivity contribution in [1.82, 2.24) is 15.5 Å². The first-order chi connectivity index (χ1) is 12.0. The fourth-order valence-corrected chi connectivity index (χ4v) is 3.06. The Hall–Kier alpha value is -1.51. The molecule has 0 radical (unpaired) electrons. The van der Waals surface area contributed by atoms with Gasteiger partial charge in [-0.15, -0.1) is 24.0 Å². The fourth-order valence-electron chi connectivity index (χ4n) is 3.06. The van der Waals surface area contributed by atoms with Crippen LogP contribution in [0.15, 0.2) is 29.3 Å². The van der Waals surface area contributed by atoms with E-state index in [0.29, 0.717) is 0 Å². The Morgan fingerprint density at radius 2 is 2.12 bits per heavy atom. The molecule has 2 N–H and O–H groups in total. The Bertz CT molecular complexity index is 607. The lowest BCUT2D eigenvalue weighted by molar-refractivity contribution is -0.133. The summed E-state index contributed by atoms with van der Waals surface area (Å²) in [6, 6.07) is 8.29. The molecule has 0 saturated carbocycles. The van der Waals surface area contributed by atoms with E-state index in [1.807, 2.05) is 36.9 Å². The van der Waals surface area contributed by atoms with Gasteiger partial charge in [0.2, 0.25) is 5.91 Å². The van der Waals surface area contributed by atoms with Crippen LogP contribution in [0.2, 0.25) is 0 Å². The van der Waals surface area contributed by atoms with Crippen LogP contribution in [0.4, 0.5) is 0 Å². The molecule has 1 aromatic carbocycles. The van der Waals surface area contributed by atoms with Crippen LogP contribution in [0, 0.1) is 5.92 Å². The maximum absolute atomic E-state index is 12.1. The molecule has 1 aliphatic rings. The van der Waals surface area contributed by atoms with Crippen molar-refractivity contribution in [1.29, 1.82) is 0 Å². The number of methoxy groups -OCH3 is 1. The van der Waals surface area contributed by atoms with Crippen molar-refractivity contribution in [2.75, 3.05) is 33.8 Å². The molecule has 1 fully saturated rings. The number of guanidine groups is 1. The molecule has 2 rings (SSSR count). The predicted octanol–water partition coefficient (Wildman–Crippen LogP) is 2.28. The molecule has 1 amide bonds. The van der Waals surface area contributed by atoms with Gasteiger partial charge in [-0.2, -0.15) is 0 Å². The molecule has 0 spiro atoms. The van der Waals surface area contributed by atoms with E-state index in [9.17, 15) is 4.79 Å². The Balaban J connectivity index is 0.00000338. The Morgan fingerprint density at radius 3 is 2.77 bits per heavy atom. The Kier molecular flexibility index (Phi) is 9.75. The summed E-state index contributed by atoms with van der Waals surface area (Å²) in [5.41, 5.74) is 1.17. The average Bonchev–Trinajstić information content (AvgIpc) is 3.08. The minimum Gasteiger partial charge on any atom is -0.496 e. The van der Waals surface area contributed by atoms with E-state index in [2.05, 4.69) is 21.7 Å². The van der Waals surface area contributed by atoms with Gasteiger partial charge in [0.05, 0.1) is 7.11 Å². The van der Waals surface area contributed by atoms with Crippen LogP contribution in [0.5, 0.6) is 5.75 Å². The quantitative estimate of drug-likeness (QED) is 0.377. The van der Waals surface area contributed by atoms with Gasteiger partial charge in [0, 0.05) is 38.6 Å². The maximum Gasteiger partial charge on any atom is 0.225 e. The number of hydrogen-bond donors (Lipinski definition) is 2. The summed E-state index contributed by atoms with van der Waals surface area (Å²) in [5, 5.41) is 6.76. The number of nitrogens with zero attached hydrogens (tertiary/aromatic N) is 2. The summed E-state index contributed by atoms with van der Waals surface area (Å²) in [7, 11) is 3.46. The first-order valence-electron chi connectivity index (χ1n) is 8.93. The van der Waals surface area contributed by atoms with Crippen molar-refractivity contribution in [3.63, 3.8) is 0 Å². The average molecular weight is 474 g/mol. The van der Waals surface area contributed by atoms with Gasteiger partial charge in [-0.05, 0) is 24.5 Å². The highest BCUT2D eigenvalue weighted by Crippen LogP contribution is 2.17. The van der Waals surface area contributed by atoms with Gasteiger partial charge >= 0.3 is 0 Å². The summed E-state index contributed by atoms with van der Waals surface area (Å²) < 4.78 is 5.38. The monoisotopic (exact) mass is 474 g/mol. The summed E-state index contributed by atoms with van der Waals surface area (Å²) >= 11 is 0. The molecule has 1 aromatic rings. The molecule has 1 atom stereocenters. The molecule has 1 heterocycles. The van der Waals surface area contributed by atoms with Crippen molar-refractivity contribution in [2.45, 2.75) is 32.7 Å². The van der Waals surface area contributed by atoms with Gasteiger partial charge in [-0.3, -0.25) is 9.79 Å². The fraction of sp³-hybridized carbons (Fsp3) is 0.579. The number of ether oxygens (including phenoxy) is 1. The first-order valence-corrected chi connectivity index (χ1v) is 8.93. The summed E-state index contributed by atoms with van der Waals surface area (Å²) in [4.78, 5) is 18.3. The summed E-state index contributed by atoms with van der Waals surface area (Å²) in [6.45, 7) is 6.21. The molecule has 1 unspecified atom stereocenters. The summed E-state index contributed by atoms with van der Waals surface area (Å²) in [6.07, 6.45) is 1.80. The van der Waals surface area contributed by atoms with Crippen LogP contribution in [0.25, 0.3) is 0 Å². The highest BCUT2D eigenvalue weighted by molar-refractivity contribution is 14.0. The van der Waals surface area contributed by atoms with Crippen LogP contribution in [-0.2, 0) is 11.2 Å². The Morgan fingerprint density at radius 1 is 1.38 bits per heavy atom. The SMILES string of the molecule is CN=C(NCCc1ccccc1OC)NC1CCN(C(=O)C(C)C)C1.I. The number of para-hydroxylation sites is 1. The number of amides is 1. The van der Waals surface area contributed by atoms with Crippen molar-refractivity contribution < 1.29 is 9.53 Å². The second-order valence-electron chi connectivity index (χ2n) is 6.63. The molecule has 0 bridgehead atoms. The number of likely N-dealkylation sites (tertiary alicyclic amines) is 1. The lowest BCUT2D eigenvalue weighted by Gasteiger charge is -2.20. The number of rotatable bonds is 6. The van der Waals surface area contributed by atoms with Gasteiger partial charge < -0.3 is 20.3 Å². The van der Waals surface area contributed by atoms with Crippen molar-refractivity contribution in [3.05, 3.63) is 29.8 Å². The lowest BCUT2D eigenvalue weighted by atomic mass is 10.1. The van der Waals surface area contributed by atoms with Crippen LogP contribution in [0.1, 0.15) is 25.8 Å². The second kappa shape index (κ2) is 11.3. The topological polar surface area (TPSA) is 66.0 Å². The number of halogens is 1. The standard InChI is InChI=1S/C19H30N4O2.HI/c1-14(2)18(24)23-12-10-16(13-23)22-19(20-3)21-11-9-15-7-5-6-8-17(15)25-4;/h5-8,14,16H,9-13H2,1-4H3,(H2,20,21,22);1H. The van der Waals surface area contributed by atoms with Crippen LogP contribution in [-0.4, -0.2) is 56.6 Å². The maximum atomic E-state index is 12.1. The molecule has 1 aliphatic heterocycles. The molecule has 6 nitrogen and oxygen atoms in total. The molecular formula is C19H31IN4O2. The number of hydrogen-bond acceptors (Lipinski definition) is 3. The smallest absolute Gasteiger partial charge is 0.225 e. The van der Waals surface area contributed by atoms with Crippen LogP contribution >= 0.6 is 24.0 Å².